The smallest absolute Gasteiger partial charge is 0.312 e. The second-order valence-corrected chi connectivity index (χ2v) is 9.50. The first-order chi connectivity index (χ1) is 17.9. The number of nitrogens with two attached hydrogens (primary N) is 1. The number of aryl methyl sites for hydroxylation is 3. The maximum atomic E-state index is 13.7. The molecule has 0 unspecified atom stereocenters. The molecule has 4 aromatic heterocycles. The molecule has 38 heavy (non-hydrogen) atoms. The number of nitrogens with one attached hydrogen (secondary N) is 1. The number of primary amides is 1. The lowest BCUT2D eigenvalue weighted by Crippen LogP contribution is -2.18. The highest BCUT2D eigenvalue weighted by Gasteiger charge is 2.27. The molecule has 0 fully saturated rings. The van der Waals surface area contributed by atoms with Crippen LogP contribution in [-0.4, -0.2) is 41.3 Å². The van der Waals surface area contributed by atoms with Crippen LogP contribution in [-0.2, 0) is 17.9 Å². The number of fused-ring (bicyclic) bond motifs is 1. The first-order valence-corrected chi connectivity index (χ1v) is 12.3. The van der Waals surface area contributed by atoms with Crippen molar-refractivity contribution in [2.75, 3.05) is 5.32 Å². The summed E-state index contributed by atoms with van der Waals surface area (Å²) in [5.41, 5.74) is 7.13. The van der Waals surface area contributed by atoms with Crippen molar-refractivity contribution in [1.82, 2.24) is 24.5 Å². The zero-order valence-electron chi connectivity index (χ0n) is 20.9. The first kappa shape index (κ1) is 26.8. The number of alkyl halides is 2. The molecule has 4 heterocycles. The van der Waals surface area contributed by atoms with Crippen molar-refractivity contribution in [2.45, 2.75) is 53.6 Å². The summed E-state index contributed by atoms with van der Waals surface area (Å²) < 4.78 is 30.5. The average Bonchev–Trinajstić information content (AvgIpc) is 3.49. The van der Waals surface area contributed by atoms with E-state index in [2.05, 4.69) is 20.5 Å². The molecule has 0 saturated heterocycles. The van der Waals surface area contributed by atoms with Gasteiger partial charge in [0.1, 0.15) is 26.8 Å². The summed E-state index contributed by atoms with van der Waals surface area (Å²) in [7, 11) is 0. The number of nitro groups is 1. The van der Waals surface area contributed by atoms with E-state index in [0.717, 1.165) is 11.3 Å². The topological polar surface area (TPSA) is 164 Å². The van der Waals surface area contributed by atoms with E-state index >= 15 is 0 Å². The third kappa shape index (κ3) is 4.71. The number of anilines is 1. The molecule has 200 valence electrons. The molecule has 0 aliphatic heterocycles. The number of halogens is 2. The summed E-state index contributed by atoms with van der Waals surface area (Å²) in [6.07, 6.45) is -1.48. The van der Waals surface area contributed by atoms with Crippen LogP contribution in [0.2, 0.25) is 0 Å². The number of hydrogen-bond acceptors (Lipinski definition) is 8. The summed E-state index contributed by atoms with van der Waals surface area (Å²) in [6, 6.07) is 1.22. The molecular formula is C23H24F2N8O4S. The molecule has 4 aromatic rings. The highest BCUT2D eigenvalue weighted by molar-refractivity contribution is 7.21. The fourth-order valence-electron chi connectivity index (χ4n) is 4.34. The zero-order valence-corrected chi connectivity index (χ0v) is 21.7. The molecule has 0 spiro atoms. The van der Waals surface area contributed by atoms with E-state index in [4.69, 9.17) is 5.73 Å². The Balaban J connectivity index is 1.77. The Morgan fingerprint density at radius 3 is 2.47 bits per heavy atom. The van der Waals surface area contributed by atoms with Crippen molar-refractivity contribution in [2.24, 2.45) is 5.73 Å². The van der Waals surface area contributed by atoms with Gasteiger partial charge in [-0.15, -0.1) is 11.3 Å². The molecule has 15 heteroatoms. The summed E-state index contributed by atoms with van der Waals surface area (Å²) >= 11 is 0.805. The lowest BCUT2D eigenvalue weighted by molar-refractivity contribution is -0.386. The van der Waals surface area contributed by atoms with Crippen LogP contribution in [0.5, 0.6) is 0 Å². The number of aromatic nitrogens is 5. The van der Waals surface area contributed by atoms with E-state index in [1.54, 1.807) is 11.6 Å². The summed E-state index contributed by atoms with van der Waals surface area (Å²) in [4.78, 5) is 40.1. The number of hydrogen-bond donors (Lipinski definition) is 2. The maximum Gasteiger partial charge on any atom is 0.312 e. The zero-order chi connectivity index (χ0) is 27.9. The van der Waals surface area contributed by atoms with Crippen LogP contribution in [0.4, 0.5) is 20.2 Å². The predicted octanol–water partition coefficient (Wildman–Crippen LogP) is 4.27. The molecule has 0 aliphatic carbocycles. The van der Waals surface area contributed by atoms with E-state index < -0.39 is 28.9 Å². The maximum absolute atomic E-state index is 13.7. The van der Waals surface area contributed by atoms with Crippen LogP contribution in [0.1, 0.15) is 52.2 Å². The monoisotopic (exact) mass is 546 g/mol. The number of nitrogens with zero attached hydrogens (tertiary/aromatic N) is 6. The van der Waals surface area contributed by atoms with Crippen LogP contribution >= 0.6 is 11.3 Å². The SMILES string of the molecule is CCn1ncc(-c2cc(C(F)F)nc3sc(C(N)=O)c(NC(=O)CCn4nc(C)c([N+](=O)[O-])c4C)c23)c1C. The van der Waals surface area contributed by atoms with E-state index in [9.17, 15) is 28.5 Å². The molecule has 0 atom stereocenters. The number of carbonyl (C=O) groups is 2. The number of amides is 2. The van der Waals surface area contributed by atoms with Gasteiger partial charge in [0.05, 0.1) is 23.4 Å². The summed E-state index contributed by atoms with van der Waals surface area (Å²) in [6.45, 7) is 7.28. The minimum absolute atomic E-state index is 0.0311. The van der Waals surface area contributed by atoms with Crippen molar-refractivity contribution in [3.8, 4) is 11.1 Å². The fraction of sp³-hybridized carbons (Fsp3) is 0.348. The molecule has 0 aliphatic rings. The minimum atomic E-state index is -2.87. The van der Waals surface area contributed by atoms with Crippen molar-refractivity contribution in [3.63, 3.8) is 0 Å². The van der Waals surface area contributed by atoms with Gasteiger partial charge >= 0.3 is 5.69 Å². The number of carbonyl (C=O) groups excluding carboxylic acids is 2. The molecular weight excluding hydrogens is 522 g/mol. The van der Waals surface area contributed by atoms with Crippen molar-refractivity contribution in [3.05, 3.63) is 50.0 Å². The Hall–Kier alpha value is -4.27. The largest absolute Gasteiger partial charge is 0.365 e. The average molecular weight is 547 g/mol. The van der Waals surface area contributed by atoms with Gasteiger partial charge in [-0.05, 0) is 39.3 Å². The fourth-order valence-corrected chi connectivity index (χ4v) is 5.36. The molecule has 0 saturated carbocycles. The molecule has 3 N–H and O–H groups in total. The van der Waals surface area contributed by atoms with Gasteiger partial charge in [-0.3, -0.25) is 29.1 Å². The molecule has 0 radical (unpaired) electrons. The standard InChI is InChI=1S/C23H24F2N8O4S/c1-5-31-11(3)14(9-27-31)13-8-15(21(24)25)28-23-17(13)18(20(38-23)22(26)35)29-16(34)6-7-32-12(4)19(33(36)37)10(2)30-32/h8-9,21H,5-7H2,1-4H3,(H2,26,35)(H,29,34). The second kappa shape index (κ2) is 10.2. The summed E-state index contributed by atoms with van der Waals surface area (Å²) in [5.74, 6) is -1.39. The van der Waals surface area contributed by atoms with Gasteiger partial charge in [0.2, 0.25) is 5.91 Å². The van der Waals surface area contributed by atoms with E-state index in [0.29, 0.717) is 34.4 Å². The van der Waals surface area contributed by atoms with Crippen LogP contribution < -0.4 is 11.1 Å². The molecule has 4 rings (SSSR count). The molecule has 0 aromatic carbocycles. The van der Waals surface area contributed by atoms with Gasteiger partial charge in [0, 0.05) is 29.6 Å². The molecule has 12 nitrogen and oxygen atoms in total. The lowest BCUT2D eigenvalue weighted by Gasteiger charge is -2.11. The summed E-state index contributed by atoms with van der Waals surface area (Å²) in [5, 5.41) is 22.7. The Kier molecular flexibility index (Phi) is 7.22. The van der Waals surface area contributed by atoms with Crippen molar-refractivity contribution < 1.29 is 23.3 Å². The molecule has 0 bridgehead atoms. The van der Waals surface area contributed by atoms with Crippen LogP contribution in [0.15, 0.2) is 12.3 Å². The number of pyridine rings is 1. The lowest BCUT2D eigenvalue weighted by atomic mass is 10.0. The third-order valence-corrected chi connectivity index (χ3v) is 7.26. The predicted molar refractivity (Wildman–Crippen MR) is 136 cm³/mol. The molecule has 2 amide bonds. The third-order valence-electron chi connectivity index (χ3n) is 6.16. The van der Waals surface area contributed by atoms with Gasteiger partial charge < -0.3 is 11.1 Å². The van der Waals surface area contributed by atoms with Gasteiger partial charge in [-0.25, -0.2) is 13.8 Å². The van der Waals surface area contributed by atoms with E-state index in [1.165, 1.54) is 30.8 Å². The Morgan fingerprint density at radius 1 is 1.21 bits per heavy atom. The number of thiophene rings is 1. The van der Waals surface area contributed by atoms with Gasteiger partial charge in [0.25, 0.3) is 12.3 Å². The number of rotatable bonds is 9. The van der Waals surface area contributed by atoms with Crippen LogP contribution in [0.3, 0.4) is 0 Å². The van der Waals surface area contributed by atoms with Gasteiger partial charge in [-0.1, -0.05) is 0 Å². The van der Waals surface area contributed by atoms with Gasteiger partial charge in [-0.2, -0.15) is 10.2 Å². The Labute approximate surface area is 218 Å². The van der Waals surface area contributed by atoms with Gasteiger partial charge in [0.15, 0.2) is 0 Å². The quantitative estimate of drug-likeness (QED) is 0.234. The second-order valence-electron chi connectivity index (χ2n) is 8.50. The van der Waals surface area contributed by atoms with Crippen molar-refractivity contribution >= 4 is 44.7 Å². The van der Waals surface area contributed by atoms with Crippen LogP contribution in [0, 0.1) is 30.9 Å². The van der Waals surface area contributed by atoms with E-state index in [-0.39, 0.29) is 39.7 Å². The normalized spacial score (nSPS) is 11.4. The Morgan fingerprint density at radius 2 is 1.92 bits per heavy atom. The minimum Gasteiger partial charge on any atom is -0.365 e. The highest BCUT2D eigenvalue weighted by Crippen LogP contribution is 2.43. The van der Waals surface area contributed by atoms with E-state index in [1.807, 2.05) is 6.92 Å². The highest BCUT2D eigenvalue weighted by atomic mass is 32.1. The Bertz CT molecular complexity index is 1590. The first-order valence-electron chi connectivity index (χ1n) is 11.5. The van der Waals surface area contributed by atoms with Crippen LogP contribution in [0.25, 0.3) is 21.3 Å². The van der Waals surface area contributed by atoms with Crippen molar-refractivity contribution in [1.29, 1.82) is 0 Å².